The Bertz CT molecular complexity index is 3940. The van der Waals surface area contributed by atoms with Crippen molar-refractivity contribution in [3.05, 3.63) is 201 Å². The SMILES string of the molecule is CCCC(C)(CC)C(=O)OCCN(C)c1ccc(N=Nc2ccc([N+](=O)[O-])cc2)cc1.CCCC(C)(CC)C(=O)OCCN(C)c1ccc(N=Nc2ccc([N+](=O)[O-])cc2)cc1.CCN(CC(C)OC(=O)C(C)(CC)CC)c1ccc(N=Nc2ccc(C#N)cc2)cc1.N#Cc1ccc(N)c(C#N)c1. The summed E-state index contributed by atoms with van der Waals surface area (Å²) < 4.78 is 16.8. The average molecular weight is 1420 g/mol. The molecule has 104 heavy (non-hydrogen) atoms. The van der Waals surface area contributed by atoms with Gasteiger partial charge < -0.3 is 34.6 Å². The Morgan fingerprint density at radius 3 is 1.12 bits per heavy atom. The van der Waals surface area contributed by atoms with Crippen molar-refractivity contribution in [3.63, 3.8) is 0 Å². The number of nitrogens with zero attached hydrogens (tertiary/aromatic N) is 14. The van der Waals surface area contributed by atoms with E-state index in [0.717, 1.165) is 80.7 Å². The van der Waals surface area contributed by atoms with Crippen molar-refractivity contribution >= 4 is 86.2 Å². The van der Waals surface area contributed by atoms with Crippen LogP contribution in [0.3, 0.4) is 0 Å². The Morgan fingerprint density at radius 1 is 0.481 bits per heavy atom. The highest BCUT2D eigenvalue weighted by atomic mass is 16.6. The molecular weight excluding hydrogens is 1320 g/mol. The van der Waals surface area contributed by atoms with Crippen LogP contribution in [0.4, 0.5) is 68.2 Å². The molecule has 0 amide bonds. The zero-order valence-electron chi connectivity index (χ0n) is 62.0. The quantitative estimate of drug-likeness (QED) is 0.0102. The third kappa shape index (κ3) is 27.3. The molecule has 0 bridgehead atoms. The number of hydrogen-bond donors (Lipinski definition) is 1. The van der Waals surface area contributed by atoms with Gasteiger partial charge in [0.2, 0.25) is 0 Å². The normalized spacial score (nSPS) is 12.3. The molecule has 0 radical (unpaired) electrons. The van der Waals surface area contributed by atoms with Gasteiger partial charge in [0.1, 0.15) is 25.4 Å². The monoisotopic (exact) mass is 1420 g/mol. The molecule has 0 saturated carbocycles. The predicted molar refractivity (Wildman–Crippen MR) is 407 cm³/mol. The number of carbonyl (C=O) groups is 3. The standard InChI is InChI=1S/C25H32N4O2.2C23H30N4O4.C8H5N3/c1-6-25(5,7-2)24(30)31-19(4)18-29(8-3)23-15-13-22(14-16-23)28-27-21-11-9-20(17-26)10-12-21;2*1-5-15-23(3,6-2)22(28)31-17-16-26(4)20-11-7-18(8-12-20)24-25-19-9-13-21(14-10-19)27(29)30;9-4-6-1-2-8(11)7(3-6)5-10/h9-16,19H,6-8,18H2,1-5H3;2*7-14H,5-6,15-17H2,1-4H3;1-3H,11H2. The van der Waals surface area contributed by atoms with Crippen molar-refractivity contribution < 1.29 is 38.4 Å². The van der Waals surface area contributed by atoms with Gasteiger partial charge in [0.25, 0.3) is 11.4 Å². The fraction of sp³-hybridized carbons (Fsp3) is 0.392. The van der Waals surface area contributed by atoms with Crippen molar-refractivity contribution in [2.45, 2.75) is 134 Å². The first-order chi connectivity index (χ1) is 49.7. The van der Waals surface area contributed by atoms with Gasteiger partial charge in [-0.3, -0.25) is 34.6 Å². The minimum absolute atomic E-state index is 0.0155. The number of benzene rings is 7. The smallest absolute Gasteiger partial charge is 0.312 e. The summed E-state index contributed by atoms with van der Waals surface area (Å²) in [6.45, 7) is 25.4. The van der Waals surface area contributed by atoms with Crippen molar-refractivity contribution in [2.75, 3.05) is 73.9 Å². The van der Waals surface area contributed by atoms with Crippen LogP contribution >= 0.6 is 0 Å². The zero-order chi connectivity index (χ0) is 76.8. The number of hydrogen-bond acceptors (Lipinski definition) is 23. The number of nitriles is 3. The van der Waals surface area contributed by atoms with E-state index in [-0.39, 0.29) is 35.4 Å². The van der Waals surface area contributed by atoms with Crippen LogP contribution in [0.1, 0.15) is 144 Å². The van der Waals surface area contributed by atoms with Crippen LogP contribution in [0.15, 0.2) is 194 Å². The van der Waals surface area contributed by atoms with Gasteiger partial charge in [0.05, 0.1) is 109 Å². The summed E-state index contributed by atoms with van der Waals surface area (Å²) in [5.74, 6) is -0.390. The van der Waals surface area contributed by atoms with Gasteiger partial charge in [0.15, 0.2) is 0 Å². The Kier molecular flexibility index (Phi) is 35.1. The van der Waals surface area contributed by atoms with Gasteiger partial charge in [0, 0.05) is 67.7 Å². The molecular formula is C79H97N15O10. The molecule has 25 heteroatoms. The summed E-state index contributed by atoms with van der Waals surface area (Å²) in [4.78, 5) is 64.0. The van der Waals surface area contributed by atoms with Crippen molar-refractivity contribution in [1.82, 2.24) is 0 Å². The summed E-state index contributed by atoms with van der Waals surface area (Å²) in [6.07, 6.45) is 6.43. The molecule has 0 saturated heterocycles. The van der Waals surface area contributed by atoms with Crippen molar-refractivity contribution in [2.24, 2.45) is 46.9 Å². The number of rotatable bonds is 32. The summed E-state index contributed by atoms with van der Waals surface area (Å²) in [5, 5.41) is 72.1. The minimum atomic E-state index is -0.454. The van der Waals surface area contributed by atoms with Gasteiger partial charge in [-0.25, -0.2) is 0 Å². The van der Waals surface area contributed by atoms with E-state index in [9.17, 15) is 34.6 Å². The lowest BCUT2D eigenvalue weighted by Crippen LogP contribution is -2.37. The minimum Gasteiger partial charge on any atom is -0.463 e. The molecule has 3 unspecified atom stereocenters. The number of azo groups is 3. The van der Waals surface area contributed by atoms with Gasteiger partial charge >= 0.3 is 17.9 Å². The second-order valence-corrected chi connectivity index (χ2v) is 25.3. The van der Waals surface area contributed by atoms with E-state index in [4.69, 9.17) is 35.7 Å². The predicted octanol–water partition coefficient (Wildman–Crippen LogP) is 20.0. The topological polar surface area (TPSA) is 346 Å². The number of nitro groups is 2. The number of nitro benzene ring substituents is 2. The lowest BCUT2D eigenvalue weighted by atomic mass is 9.83. The molecule has 2 N–H and O–H groups in total. The van der Waals surface area contributed by atoms with Gasteiger partial charge in [-0.2, -0.15) is 46.5 Å². The van der Waals surface area contributed by atoms with E-state index in [1.807, 2.05) is 164 Å². The van der Waals surface area contributed by atoms with E-state index < -0.39 is 26.1 Å². The van der Waals surface area contributed by atoms with Crippen LogP contribution in [0, 0.1) is 70.5 Å². The second kappa shape index (κ2) is 43.1. The van der Waals surface area contributed by atoms with Gasteiger partial charge in [-0.05, 0) is 213 Å². The summed E-state index contributed by atoms with van der Waals surface area (Å²) >= 11 is 0. The Balaban J connectivity index is 0.000000307. The molecule has 548 valence electrons. The molecule has 25 nitrogen and oxygen atoms in total. The van der Waals surface area contributed by atoms with Crippen LogP contribution in [0.25, 0.3) is 0 Å². The highest BCUT2D eigenvalue weighted by Gasteiger charge is 2.34. The highest BCUT2D eigenvalue weighted by molar-refractivity contribution is 5.77. The molecule has 0 aliphatic rings. The maximum atomic E-state index is 12.5. The van der Waals surface area contributed by atoms with Crippen molar-refractivity contribution in [1.29, 1.82) is 15.8 Å². The first-order valence-electron chi connectivity index (χ1n) is 34.7. The lowest BCUT2D eigenvalue weighted by molar-refractivity contribution is -0.385. The van der Waals surface area contributed by atoms with Crippen LogP contribution < -0.4 is 20.4 Å². The fourth-order valence-corrected chi connectivity index (χ4v) is 9.97. The number of carbonyl (C=O) groups excluding carboxylic acids is 3. The third-order valence-electron chi connectivity index (χ3n) is 17.7. The van der Waals surface area contributed by atoms with Crippen molar-refractivity contribution in [3.8, 4) is 18.2 Å². The fourth-order valence-electron chi connectivity index (χ4n) is 9.97. The molecule has 0 aromatic heterocycles. The molecule has 0 fully saturated rings. The van der Waals surface area contributed by atoms with E-state index in [0.29, 0.717) is 83.7 Å². The zero-order valence-corrected chi connectivity index (χ0v) is 62.0. The van der Waals surface area contributed by atoms with E-state index in [1.165, 1.54) is 30.3 Å². The Morgan fingerprint density at radius 2 is 0.808 bits per heavy atom. The molecule has 3 atom stereocenters. The molecule has 0 spiro atoms. The van der Waals surface area contributed by atoms with Crippen LogP contribution in [0.5, 0.6) is 0 Å². The largest absolute Gasteiger partial charge is 0.463 e. The van der Waals surface area contributed by atoms with Gasteiger partial charge in [-0.15, -0.1) is 0 Å². The number of non-ortho nitro benzene ring substituents is 2. The Labute approximate surface area is 611 Å². The number of ether oxygens (including phenoxy) is 3. The van der Waals surface area contributed by atoms with Crippen LogP contribution in [0.2, 0.25) is 0 Å². The molecule has 7 aromatic rings. The summed E-state index contributed by atoms with van der Waals surface area (Å²) in [6, 6.07) is 52.0. The number of anilines is 4. The molecule has 7 rings (SSSR count). The molecule has 0 heterocycles. The average Bonchev–Trinajstić information content (AvgIpc) is 1.02. The maximum absolute atomic E-state index is 12.5. The number of nitrogens with two attached hydrogens (primary N) is 1. The number of nitrogen functional groups attached to an aromatic ring is 1. The third-order valence-corrected chi connectivity index (χ3v) is 17.7. The lowest BCUT2D eigenvalue weighted by Gasteiger charge is -2.30. The first-order valence-corrected chi connectivity index (χ1v) is 34.7. The Hall–Kier alpha value is -11.8. The summed E-state index contributed by atoms with van der Waals surface area (Å²) in [5.41, 5.74) is 12.8. The summed E-state index contributed by atoms with van der Waals surface area (Å²) in [7, 11) is 3.87. The molecule has 7 aromatic carbocycles. The van der Waals surface area contributed by atoms with E-state index in [1.54, 1.807) is 60.7 Å². The number of likely N-dealkylation sites (N-methyl/N-ethyl adjacent to an activating group) is 3. The van der Waals surface area contributed by atoms with Gasteiger partial charge in [-0.1, -0.05) is 54.4 Å². The van der Waals surface area contributed by atoms with Crippen LogP contribution in [-0.2, 0) is 28.6 Å². The van der Waals surface area contributed by atoms with E-state index >= 15 is 0 Å². The highest BCUT2D eigenvalue weighted by Crippen LogP contribution is 2.33. The number of esters is 3. The van der Waals surface area contributed by atoms with Crippen LogP contribution in [-0.4, -0.2) is 87.3 Å². The maximum Gasteiger partial charge on any atom is 0.312 e. The van der Waals surface area contributed by atoms with E-state index in [2.05, 4.69) is 62.4 Å². The second-order valence-electron chi connectivity index (χ2n) is 25.3. The molecule has 0 aliphatic heterocycles. The first kappa shape index (κ1) is 84.6. The molecule has 0 aliphatic carbocycles.